The molecule has 1 saturated heterocycles. The van der Waals surface area contributed by atoms with Crippen LogP contribution in [0.25, 0.3) is 15.9 Å². The van der Waals surface area contributed by atoms with Gasteiger partial charge in [0.1, 0.15) is 10.9 Å². The lowest BCUT2D eigenvalue weighted by Gasteiger charge is -2.20. The number of amides is 1. The number of para-hydroxylation sites is 1. The van der Waals surface area contributed by atoms with Gasteiger partial charge in [0.05, 0.1) is 16.3 Å². The average Bonchev–Trinajstić information content (AvgIpc) is 3.31. The second-order valence-electron chi connectivity index (χ2n) is 6.61. The second-order valence-corrected chi connectivity index (χ2v) is 7.64. The van der Waals surface area contributed by atoms with Gasteiger partial charge in [-0.1, -0.05) is 18.2 Å². The topological polar surface area (TPSA) is 75.4 Å². The molecule has 0 saturated carbocycles. The van der Waals surface area contributed by atoms with Gasteiger partial charge in [-0.05, 0) is 44.4 Å². The smallest absolute Gasteiger partial charge is 0.326 e. The number of carbonyl (C=O) groups is 2. The molecule has 1 atom stereocenters. The van der Waals surface area contributed by atoms with Crippen molar-refractivity contribution in [1.29, 1.82) is 0 Å². The van der Waals surface area contributed by atoms with Gasteiger partial charge >= 0.3 is 5.97 Å². The highest BCUT2D eigenvalue weighted by atomic mass is 32.1. The summed E-state index contributed by atoms with van der Waals surface area (Å²) in [4.78, 5) is 27.2. The van der Waals surface area contributed by atoms with Crippen molar-refractivity contribution in [2.24, 2.45) is 0 Å². The molecule has 0 bridgehead atoms. The summed E-state index contributed by atoms with van der Waals surface area (Å²) in [6.07, 6.45) is 1.24. The lowest BCUT2D eigenvalue weighted by Crippen LogP contribution is -2.40. The van der Waals surface area contributed by atoms with Crippen LogP contribution in [0.3, 0.4) is 0 Å². The molecule has 4 rings (SSSR count). The molecular weight excluding hydrogens is 350 g/mol. The number of hydrogen-bond donors (Lipinski definition) is 1. The van der Waals surface area contributed by atoms with Crippen LogP contribution in [-0.2, 0) is 4.79 Å². The van der Waals surface area contributed by atoms with Gasteiger partial charge in [-0.3, -0.25) is 4.79 Å². The van der Waals surface area contributed by atoms with E-state index in [1.807, 2.05) is 48.9 Å². The molecule has 2 aromatic heterocycles. The number of aryl methyl sites for hydroxylation is 2. The normalized spacial score (nSPS) is 17.2. The average molecular weight is 369 g/mol. The first-order valence-electron chi connectivity index (χ1n) is 8.56. The van der Waals surface area contributed by atoms with Gasteiger partial charge in [-0.15, -0.1) is 11.3 Å². The summed E-state index contributed by atoms with van der Waals surface area (Å²) in [5, 5.41) is 14.9. The van der Waals surface area contributed by atoms with E-state index in [-0.39, 0.29) is 5.91 Å². The predicted molar refractivity (Wildman–Crippen MR) is 100 cm³/mol. The second kappa shape index (κ2) is 6.25. The monoisotopic (exact) mass is 369 g/mol. The maximum Gasteiger partial charge on any atom is 0.326 e. The minimum absolute atomic E-state index is 0.202. The molecule has 0 spiro atoms. The summed E-state index contributed by atoms with van der Waals surface area (Å²) in [5.41, 5.74) is 2.94. The maximum atomic E-state index is 12.9. The standard InChI is InChI=1S/C19H19N3O3S/c1-11-6-3-4-7-14(11)22-18-13(12(2)20-22)10-16(26-18)17(23)21-9-5-8-15(21)19(24)25/h3-4,6-7,10,15H,5,8-9H2,1-2H3,(H,24,25)/t15-/m1/s1. The van der Waals surface area contributed by atoms with Crippen molar-refractivity contribution in [2.75, 3.05) is 6.54 Å². The third kappa shape index (κ3) is 2.59. The number of hydrogen-bond acceptors (Lipinski definition) is 4. The van der Waals surface area contributed by atoms with E-state index in [9.17, 15) is 14.7 Å². The van der Waals surface area contributed by atoms with Crippen molar-refractivity contribution >= 4 is 33.4 Å². The minimum atomic E-state index is -0.931. The Balaban J connectivity index is 1.77. The fraction of sp³-hybridized carbons (Fsp3) is 0.316. The molecule has 26 heavy (non-hydrogen) atoms. The lowest BCUT2D eigenvalue weighted by molar-refractivity contribution is -0.141. The van der Waals surface area contributed by atoms with Crippen LogP contribution in [-0.4, -0.2) is 44.3 Å². The highest BCUT2D eigenvalue weighted by Gasteiger charge is 2.35. The molecule has 1 aromatic carbocycles. The summed E-state index contributed by atoms with van der Waals surface area (Å²) in [6, 6.07) is 9.10. The summed E-state index contributed by atoms with van der Waals surface area (Å²) < 4.78 is 1.88. The van der Waals surface area contributed by atoms with Crippen LogP contribution in [0.1, 0.15) is 33.8 Å². The minimum Gasteiger partial charge on any atom is -0.480 e. The molecule has 3 aromatic rings. The number of aromatic nitrogens is 2. The van der Waals surface area contributed by atoms with Crippen LogP contribution in [0.15, 0.2) is 30.3 Å². The third-order valence-corrected chi connectivity index (χ3v) is 6.00. The number of nitrogens with zero attached hydrogens (tertiary/aromatic N) is 3. The Morgan fingerprint density at radius 3 is 2.77 bits per heavy atom. The van der Waals surface area contributed by atoms with E-state index in [4.69, 9.17) is 0 Å². The van der Waals surface area contributed by atoms with E-state index in [1.165, 1.54) is 16.2 Å². The number of carboxylic acid groups (broad SMARTS) is 1. The van der Waals surface area contributed by atoms with E-state index in [0.717, 1.165) is 33.6 Å². The van der Waals surface area contributed by atoms with Gasteiger partial charge in [0, 0.05) is 11.9 Å². The van der Waals surface area contributed by atoms with Crippen molar-refractivity contribution < 1.29 is 14.7 Å². The molecule has 134 valence electrons. The number of carbonyl (C=O) groups excluding carboxylic acids is 1. The fourth-order valence-corrected chi connectivity index (χ4v) is 4.66. The Morgan fingerprint density at radius 2 is 2.04 bits per heavy atom. The van der Waals surface area contributed by atoms with Gasteiger partial charge in [0.2, 0.25) is 0 Å². The van der Waals surface area contributed by atoms with Gasteiger partial charge in [-0.2, -0.15) is 5.10 Å². The maximum absolute atomic E-state index is 12.9. The van der Waals surface area contributed by atoms with Crippen molar-refractivity contribution in [2.45, 2.75) is 32.7 Å². The zero-order chi connectivity index (χ0) is 18.4. The van der Waals surface area contributed by atoms with E-state index in [2.05, 4.69) is 5.10 Å². The van der Waals surface area contributed by atoms with Gasteiger partial charge in [-0.25, -0.2) is 9.48 Å². The first kappa shape index (κ1) is 16.8. The van der Waals surface area contributed by atoms with Crippen molar-refractivity contribution in [3.63, 3.8) is 0 Å². The predicted octanol–water partition coefficient (Wildman–Crippen LogP) is 3.39. The fourth-order valence-electron chi connectivity index (χ4n) is 3.53. The molecule has 0 unspecified atom stereocenters. The van der Waals surface area contributed by atoms with E-state index < -0.39 is 12.0 Å². The Bertz CT molecular complexity index is 1020. The molecule has 1 amide bonds. The number of likely N-dealkylation sites (tertiary alicyclic amines) is 1. The zero-order valence-corrected chi connectivity index (χ0v) is 15.4. The number of fused-ring (bicyclic) bond motifs is 1. The number of benzene rings is 1. The molecule has 1 aliphatic heterocycles. The molecule has 1 aliphatic rings. The van der Waals surface area contributed by atoms with Crippen molar-refractivity contribution in [3.8, 4) is 5.69 Å². The molecular formula is C19H19N3O3S. The number of rotatable bonds is 3. The summed E-state index contributed by atoms with van der Waals surface area (Å²) in [5.74, 6) is -1.13. The third-order valence-electron chi connectivity index (χ3n) is 4.90. The van der Waals surface area contributed by atoms with Gasteiger partial charge in [0.25, 0.3) is 5.91 Å². The largest absolute Gasteiger partial charge is 0.480 e. The summed E-state index contributed by atoms with van der Waals surface area (Å²) in [6.45, 7) is 4.44. The quantitative estimate of drug-likeness (QED) is 0.768. The van der Waals surface area contributed by atoms with Crippen LogP contribution in [0.2, 0.25) is 0 Å². The van der Waals surface area contributed by atoms with Crippen LogP contribution in [0.5, 0.6) is 0 Å². The van der Waals surface area contributed by atoms with Crippen molar-refractivity contribution in [1.82, 2.24) is 14.7 Å². The van der Waals surface area contributed by atoms with Gasteiger partial charge in [0.15, 0.2) is 0 Å². The molecule has 0 radical (unpaired) electrons. The molecule has 1 N–H and O–H groups in total. The number of carboxylic acids is 1. The Hall–Kier alpha value is -2.67. The van der Waals surface area contributed by atoms with E-state index in [1.54, 1.807) is 0 Å². The Morgan fingerprint density at radius 1 is 1.27 bits per heavy atom. The van der Waals surface area contributed by atoms with Gasteiger partial charge < -0.3 is 10.0 Å². The number of aliphatic carboxylic acids is 1. The first-order chi connectivity index (χ1) is 12.5. The first-order valence-corrected chi connectivity index (χ1v) is 9.38. The lowest BCUT2D eigenvalue weighted by atomic mass is 10.2. The highest BCUT2D eigenvalue weighted by Crippen LogP contribution is 2.33. The zero-order valence-electron chi connectivity index (χ0n) is 14.6. The molecule has 0 aliphatic carbocycles. The summed E-state index contributed by atoms with van der Waals surface area (Å²) >= 11 is 1.37. The van der Waals surface area contributed by atoms with Crippen molar-refractivity contribution in [3.05, 3.63) is 46.5 Å². The highest BCUT2D eigenvalue weighted by molar-refractivity contribution is 7.20. The van der Waals surface area contributed by atoms with Crippen LogP contribution >= 0.6 is 11.3 Å². The molecule has 1 fully saturated rings. The molecule has 3 heterocycles. The van der Waals surface area contributed by atoms with Crippen LogP contribution in [0, 0.1) is 13.8 Å². The summed E-state index contributed by atoms with van der Waals surface area (Å²) in [7, 11) is 0. The SMILES string of the molecule is Cc1ccccc1-n1nc(C)c2cc(C(=O)N3CCC[C@@H]3C(=O)O)sc21. The molecule has 6 nitrogen and oxygen atoms in total. The number of thiophene rings is 1. The molecule has 7 heteroatoms. The van der Waals surface area contributed by atoms with E-state index >= 15 is 0 Å². The van der Waals surface area contributed by atoms with Crippen LogP contribution < -0.4 is 0 Å². The van der Waals surface area contributed by atoms with E-state index in [0.29, 0.717) is 17.8 Å². The Labute approximate surface area is 154 Å². The van der Waals surface area contributed by atoms with Crippen LogP contribution in [0.4, 0.5) is 0 Å². The Kier molecular flexibility index (Phi) is 4.03.